The highest BCUT2D eigenvalue weighted by Crippen LogP contribution is 2.02. The van der Waals surface area contributed by atoms with Gasteiger partial charge in [-0.15, -0.1) is 0 Å². The molecular formula is C12H20O6. The van der Waals surface area contributed by atoms with E-state index >= 15 is 0 Å². The van der Waals surface area contributed by atoms with Crippen molar-refractivity contribution in [2.24, 2.45) is 0 Å². The summed E-state index contributed by atoms with van der Waals surface area (Å²) in [6, 6.07) is 0. The van der Waals surface area contributed by atoms with Crippen molar-refractivity contribution < 1.29 is 29.0 Å². The first-order valence-corrected chi connectivity index (χ1v) is 5.84. The maximum absolute atomic E-state index is 11.1. The molecule has 2 atom stereocenters. The Kier molecular flexibility index (Phi) is 7.94. The highest BCUT2D eigenvalue weighted by Gasteiger charge is 2.13. The highest BCUT2D eigenvalue weighted by atomic mass is 16.6. The van der Waals surface area contributed by atoms with E-state index in [0.717, 1.165) is 0 Å². The minimum Gasteiger partial charge on any atom is -0.465 e. The smallest absolute Gasteiger partial charge is 0.313 e. The van der Waals surface area contributed by atoms with Gasteiger partial charge in [0.05, 0.1) is 19.1 Å². The summed E-state index contributed by atoms with van der Waals surface area (Å²) in [6.07, 6.45) is -1.10. The Labute approximate surface area is 106 Å². The van der Waals surface area contributed by atoms with Crippen molar-refractivity contribution in [3.63, 3.8) is 0 Å². The molecule has 0 aliphatic heterocycles. The van der Waals surface area contributed by atoms with Crippen molar-refractivity contribution in [2.45, 2.75) is 52.2 Å². The van der Waals surface area contributed by atoms with E-state index < -0.39 is 24.1 Å². The van der Waals surface area contributed by atoms with Crippen LogP contribution in [0.15, 0.2) is 0 Å². The fraction of sp³-hybridized carbons (Fsp3) is 0.750. The molecule has 0 saturated carbocycles. The summed E-state index contributed by atoms with van der Waals surface area (Å²) in [6.45, 7) is 4.57. The summed E-state index contributed by atoms with van der Waals surface area (Å²) in [4.78, 5) is 32.8. The van der Waals surface area contributed by atoms with Gasteiger partial charge < -0.3 is 14.6 Å². The molecule has 0 aliphatic carbocycles. The number of aliphatic hydroxyl groups excluding tert-OH is 1. The molecule has 0 heterocycles. The van der Waals surface area contributed by atoms with E-state index in [2.05, 4.69) is 0 Å². The van der Waals surface area contributed by atoms with Crippen LogP contribution < -0.4 is 0 Å². The Balaban J connectivity index is 3.70. The molecule has 0 aromatic rings. The summed E-state index contributed by atoms with van der Waals surface area (Å²) < 4.78 is 9.75. The van der Waals surface area contributed by atoms with Crippen LogP contribution in [0.5, 0.6) is 0 Å². The van der Waals surface area contributed by atoms with Crippen LogP contribution in [0.2, 0.25) is 0 Å². The van der Waals surface area contributed by atoms with Crippen LogP contribution in [0, 0.1) is 0 Å². The summed E-state index contributed by atoms with van der Waals surface area (Å²) >= 11 is 0. The van der Waals surface area contributed by atoms with Gasteiger partial charge in [-0.25, -0.2) is 0 Å². The third kappa shape index (κ3) is 9.77. The molecule has 0 aliphatic rings. The molecule has 0 fully saturated rings. The average Bonchev–Trinajstić information content (AvgIpc) is 2.13. The summed E-state index contributed by atoms with van der Waals surface area (Å²) in [5.41, 5.74) is 0. The third-order valence-electron chi connectivity index (χ3n) is 1.98. The zero-order chi connectivity index (χ0) is 14.1. The number of aliphatic hydroxyl groups is 1. The molecule has 2 unspecified atom stereocenters. The average molecular weight is 260 g/mol. The fourth-order valence-corrected chi connectivity index (χ4v) is 1.17. The molecule has 1 N–H and O–H groups in total. The van der Waals surface area contributed by atoms with E-state index in [9.17, 15) is 14.4 Å². The lowest BCUT2D eigenvalue weighted by Gasteiger charge is -2.13. The lowest BCUT2D eigenvalue weighted by molar-refractivity contribution is -0.151. The molecule has 0 amide bonds. The zero-order valence-electron chi connectivity index (χ0n) is 11.0. The van der Waals surface area contributed by atoms with Gasteiger partial charge in [0.25, 0.3) is 0 Å². The van der Waals surface area contributed by atoms with Crippen molar-refractivity contribution in [3.05, 3.63) is 0 Å². The second-order valence-electron chi connectivity index (χ2n) is 4.24. The first-order chi connectivity index (χ1) is 8.31. The molecule has 104 valence electrons. The maximum Gasteiger partial charge on any atom is 0.313 e. The third-order valence-corrected chi connectivity index (χ3v) is 1.98. The standard InChI is InChI=1S/C12H20O6/c1-8(13)6-11(15)17-5-4-10(3)18-12(16)7-9(2)14/h8,10,13H,4-7H2,1-3H3. The van der Waals surface area contributed by atoms with E-state index in [-0.39, 0.29) is 25.2 Å². The fourth-order valence-electron chi connectivity index (χ4n) is 1.17. The predicted octanol–water partition coefficient (Wildman–Crippen LogP) is 0.601. The monoisotopic (exact) mass is 260 g/mol. The number of carbonyl (C=O) groups is 3. The first-order valence-electron chi connectivity index (χ1n) is 5.84. The van der Waals surface area contributed by atoms with Crippen molar-refractivity contribution in [1.29, 1.82) is 0 Å². The Morgan fingerprint density at radius 1 is 1.17 bits per heavy atom. The number of ether oxygens (including phenoxy) is 2. The Bertz CT molecular complexity index is 297. The molecule has 0 aromatic carbocycles. The van der Waals surface area contributed by atoms with Gasteiger partial charge in [0.1, 0.15) is 18.3 Å². The van der Waals surface area contributed by atoms with Gasteiger partial charge >= 0.3 is 11.9 Å². The molecular weight excluding hydrogens is 240 g/mol. The number of ketones is 1. The van der Waals surface area contributed by atoms with Gasteiger partial charge in [-0.1, -0.05) is 0 Å². The van der Waals surface area contributed by atoms with Crippen LogP contribution >= 0.6 is 0 Å². The van der Waals surface area contributed by atoms with Crippen LogP contribution in [-0.2, 0) is 23.9 Å². The minimum atomic E-state index is -0.733. The summed E-state index contributed by atoms with van der Waals surface area (Å²) in [5.74, 6) is -1.33. The summed E-state index contributed by atoms with van der Waals surface area (Å²) in [5, 5.41) is 8.93. The number of esters is 2. The second-order valence-corrected chi connectivity index (χ2v) is 4.24. The van der Waals surface area contributed by atoms with Crippen LogP contribution in [0.4, 0.5) is 0 Å². The van der Waals surface area contributed by atoms with Gasteiger partial charge in [0.15, 0.2) is 0 Å². The van der Waals surface area contributed by atoms with Crippen LogP contribution in [-0.4, -0.2) is 41.6 Å². The van der Waals surface area contributed by atoms with Crippen molar-refractivity contribution in [3.8, 4) is 0 Å². The Morgan fingerprint density at radius 3 is 2.28 bits per heavy atom. The van der Waals surface area contributed by atoms with Gasteiger partial charge in [-0.05, 0) is 20.8 Å². The molecule has 0 spiro atoms. The lowest BCUT2D eigenvalue weighted by Crippen LogP contribution is -2.20. The number of hydrogen-bond acceptors (Lipinski definition) is 6. The van der Waals surface area contributed by atoms with E-state index in [1.165, 1.54) is 13.8 Å². The topological polar surface area (TPSA) is 89.9 Å². The quantitative estimate of drug-likeness (QED) is 0.507. The SMILES string of the molecule is CC(=O)CC(=O)OC(C)CCOC(=O)CC(C)O. The highest BCUT2D eigenvalue weighted by molar-refractivity contribution is 5.94. The molecule has 0 saturated heterocycles. The van der Waals surface area contributed by atoms with Gasteiger partial charge in [-0.2, -0.15) is 0 Å². The molecule has 0 radical (unpaired) electrons. The molecule has 0 rings (SSSR count). The van der Waals surface area contributed by atoms with E-state index in [1.807, 2.05) is 0 Å². The van der Waals surface area contributed by atoms with Gasteiger partial charge in [-0.3, -0.25) is 14.4 Å². The largest absolute Gasteiger partial charge is 0.465 e. The number of Topliss-reactive ketones (excluding diaryl/α,β-unsaturated/α-hetero) is 1. The van der Waals surface area contributed by atoms with Crippen molar-refractivity contribution in [2.75, 3.05) is 6.61 Å². The van der Waals surface area contributed by atoms with Crippen LogP contribution in [0.3, 0.4) is 0 Å². The molecule has 6 nitrogen and oxygen atoms in total. The molecule has 18 heavy (non-hydrogen) atoms. The first kappa shape index (κ1) is 16.6. The van der Waals surface area contributed by atoms with E-state index in [4.69, 9.17) is 14.6 Å². The zero-order valence-corrected chi connectivity index (χ0v) is 11.0. The lowest BCUT2D eigenvalue weighted by atomic mass is 10.2. The summed E-state index contributed by atoms with van der Waals surface area (Å²) in [7, 11) is 0. The molecule has 6 heteroatoms. The minimum absolute atomic E-state index is 0.0570. The number of hydrogen-bond donors (Lipinski definition) is 1. The van der Waals surface area contributed by atoms with E-state index in [0.29, 0.717) is 6.42 Å². The van der Waals surface area contributed by atoms with Crippen LogP contribution in [0.25, 0.3) is 0 Å². The normalized spacial score (nSPS) is 13.6. The Hall–Kier alpha value is -1.43. The Morgan fingerprint density at radius 2 is 1.78 bits per heavy atom. The predicted molar refractivity (Wildman–Crippen MR) is 62.7 cm³/mol. The van der Waals surface area contributed by atoms with Gasteiger partial charge in [0, 0.05) is 6.42 Å². The molecule has 0 aromatic heterocycles. The van der Waals surface area contributed by atoms with Crippen LogP contribution in [0.1, 0.15) is 40.0 Å². The maximum atomic E-state index is 11.1. The van der Waals surface area contributed by atoms with E-state index in [1.54, 1.807) is 6.92 Å². The number of carbonyl (C=O) groups excluding carboxylic acids is 3. The van der Waals surface area contributed by atoms with Crippen molar-refractivity contribution in [1.82, 2.24) is 0 Å². The van der Waals surface area contributed by atoms with Crippen molar-refractivity contribution >= 4 is 17.7 Å². The molecule has 0 bridgehead atoms. The number of rotatable bonds is 8. The second kappa shape index (κ2) is 8.63. The van der Waals surface area contributed by atoms with Gasteiger partial charge in [0.2, 0.25) is 0 Å².